The third-order valence-electron chi connectivity index (χ3n) is 2.51. The zero-order valence-corrected chi connectivity index (χ0v) is 12.6. The Morgan fingerprint density at radius 3 is 2.70 bits per heavy atom. The van der Waals surface area contributed by atoms with Gasteiger partial charge < -0.3 is 5.11 Å². The van der Waals surface area contributed by atoms with E-state index in [1.165, 1.54) is 18.3 Å². The van der Waals surface area contributed by atoms with Gasteiger partial charge in [0.25, 0.3) is 5.91 Å². The minimum atomic E-state index is -1.05. The van der Waals surface area contributed by atoms with E-state index in [1.807, 2.05) is 0 Å². The maximum Gasteiger partial charge on any atom is 0.254 e. The molecule has 9 heteroatoms. The quantitative estimate of drug-likeness (QED) is 0.747. The van der Waals surface area contributed by atoms with E-state index in [2.05, 4.69) is 25.7 Å². The van der Waals surface area contributed by atoms with Crippen LogP contribution in [0, 0.1) is 0 Å². The van der Waals surface area contributed by atoms with Gasteiger partial charge in [0.2, 0.25) is 5.13 Å². The molecule has 0 spiro atoms. The standard InChI is InChI=1S/C11H15N5O2S2/c1-7(17)10(18)13-11-16-15-9(20-11)5-3-2-4-8-14-12-6-19-8/h6-7,17H,2-5H2,1H3,(H,13,16,18). The maximum absolute atomic E-state index is 11.3. The van der Waals surface area contributed by atoms with Gasteiger partial charge in [0.05, 0.1) is 0 Å². The van der Waals surface area contributed by atoms with Gasteiger partial charge >= 0.3 is 0 Å². The third-order valence-corrected chi connectivity index (χ3v) is 4.17. The number of amides is 1. The molecule has 0 radical (unpaired) electrons. The second-order valence-electron chi connectivity index (χ2n) is 4.21. The lowest BCUT2D eigenvalue weighted by molar-refractivity contribution is -0.123. The van der Waals surface area contributed by atoms with Crippen LogP contribution in [-0.4, -0.2) is 37.5 Å². The van der Waals surface area contributed by atoms with Crippen LogP contribution in [0.15, 0.2) is 5.51 Å². The molecule has 2 heterocycles. The van der Waals surface area contributed by atoms with Gasteiger partial charge in [0.15, 0.2) is 0 Å². The molecule has 0 saturated heterocycles. The Hall–Kier alpha value is -1.45. The number of aryl methyl sites for hydroxylation is 2. The van der Waals surface area contributed by atoms with Gasteiger partial charge in [-0.2, -0.15) is 0 Å². The van der Waals surface area contributed by atoms with Crippen molar-refractivity contribution in [2.75, 3.05) is 5.32 Å². The Morgan fingerprint density at radius 2 is 2.05 bits per heavy atom. The predicted molar refractivity (Wildman–Crippen MR) is 76.8 cm³/mol. The van der Waals surface area contributed by atoms with Crippen molar-refractivity contribution in [2.45, 2.75) is 38.7 Å². The monoisotopic (exact) mass is 313 g/mol. The number of hydrogen-bond donors (Lipinski definition) is 2. The van der Waals surface area contributed by atoms with Gasteiger partial charge in [-0.1, -0.05) is 11.3 Å². The van der Waals surface area contributed by atoms with Crippen molar-refractivity contribution in [1.82, 2.24) is 20.4 Å². The van der Waals surface area contributed by atoms with Crippen LogP contribution in [0.25, 0.3) is 0 Å². The summed E-state index contributed by atoms with van der Waals surface area (Å²) >= 11 is 2.90. The first kappa shape index (κ1) is 14.9. The Bertz CT molecular complexity index is 541. The fourth-order valence-electron chi connectivity index (χ4n) is 1.47. The predicted octanol–water partition coefficient (Wildman–Crippen LogP) is 1.27. The lowest BCUT2D eigenvalue weighted by atomic mass is 10.2. The molecule has 1 unspecified atom stereocenters. The number of nitrogens with one attached hydrogen (secondary N) is 1. The van der Waals surface area contributed by atoms with E-state index in [0.29, 0.717) is 5.13 Å². The van der Waals surface area contributed by atoms with Gasteiger partial charge in [-0.25, -0.2) is 0 Å². The highest BCUT2D eigenvalue weighted by atomic mass is 32.1. The molecule has 0 saturated carbocycles. The van der Waals surface area contributed by atoms with Crippen molar-refractivity contribution in [2.24, 2.45) is 0 Å². The summed E-state index contributed by atoms with van der Waals surface area (Å²) in [7, 11) is 0. The van der Waals surface area contributed by atoms with Gasteiger partial charge in [0, 0.05) is 12.8 Å². The summed E-state index contributed by atoms with van der Waals surface area (Å²) in [4.78, 5) is 11.3. The summed E-state index contributed by atoms with van der Waals surface area (Å²) in [5.41, 5.74) is 1.73. The fraction of sp³-hybridized carbons (Fsp3) is 0.545. The second-order valence-corrected chi connectivity index (χ2v) is 6.19. The van der Waals surface area contributed by atoms with Crippen molar-refractivity contribution in [3.05, 3.63) is 15.5 Å². The third kappa shape index (κ3) is 4.58. The summed E-state index contributed by atoms with van der Waals surface area (Å²) < 4.78 is 0. The Kier molecular flexibility index (Phi) is 5.50. The van der Waals surface area contributed by atoms with Gasteiger partial charge in [-0.05, 0) is 19.8 Å². The molecular formula is C11H15N5O2S2. The number of unbranched alkanes of at least 4 members (excludes halogenated alkanes) is 1. The first-order chi connectivity index (χ1) is 9.65. The van der Waals surface area contributed by atoms with Gasteiger partial charge in [-0.15, -0.1) is 31.7 Å². The first-order valence-corrected chi connectivity index (χ1v) is 7.91. The number of aliphatic hydroxyl groups is 1. The molecule has 2 aromatic heterocycles. The highest BCUT2D eigenvalue weighted by Crippen LogP contribution is 2.18. The molecule has 0 aliphatic rings. The zero-order chi connectivity index (χ0) is 14.4. The van der Waals surface area contributed by atoms with E-state index >= 15 is 0 Å². The molecule has 2 rings (SSSR count). The largest absolute Gasteiger partial charge is 0.384 e. The molecule has 7 nitrogen and oxygen atoms in total. The summed E-state index contributed by atoms with van der Waals surface area (Å²) in [5.74, 6) is -0.469. The van der Waals surface area contributed by atoms with Crippen molar-refractivity contribution >= 4 is 33.7 Å². The summed E-state index contributed by atoms with van der Waals surface area (Å²) in [5, 5.41) is 29.6. The number of carbonyl (C=O) groups excluding carboxylic acids is 1. The molecule has 2 N–H and O–H groups in total. The number of rotatable bonds is 7. The molecule has 2 aromatic rings. The summed E-state index contributed by atoms with van der Waals surface area (Å²) in [6, 6.07) is 0. The number of carbonyl (C=O) groups is 1. The summed E-state index contributed by atoms with van der Waals surface area (Å²) in [6.07, 6.45) is 2.70. The number of hydrogen-bond acceptors (Lipinski definition) is 8. The minimum absolute atomic E-state index is 0.426. The highest BCUT2D eigenvalue weighted by molar-refractivity contribution is 7.15. The van der Waals surface area contributed by atoms with Crippen molar-refractivity contribution in [3.63, 3.8) is 0 Å². The van der Waals surface area contributed by atoms with Crippen molar-refractivity contribution in [3.8, 4) is 0 Å². The Balaban J connectivity index is 1.71. The topological polar surface area (TPSA) is 101 Å². The normalized spacial score (nSPS) is 12.3. The van der Waals surface area contributed by atoms with Crippen LogP contribution in [-0.2, 0) is 17.6 Å². The fourth-order valence-corrected chi connectivity index (χ4v) is 2.83. The molecule has 108 valence electrons. The van der Waals surface area contributed by atoms with Crippen LogP contribution in [0.4, 0.5) is 5.13 Å². The van der Waals surface area contributed by atoms with E-state index in [9.17, 15) is 4.79 Å². The molecule has 0 aliphatic heterocycles. The van der Waals surface area contributed by atoms with Gasteiger partial charge in [-0.3, -0.25) is 10.1 Å². The minimum Gasteiger partial charge on any atom is -0.384 e. The van der Waals surface area contributed by atoms with E-state index < -0.39 is 12.0 Å². The van der Waals surface area contributed by atoms with E-state index in [0.717, 1.165) is 35.7 Å². The average molecular weight is 313 g/mol. The van der Waals surface area contributed by atoms with Crippen LogP contribution in [0.1, 0.15) is 29.8 Å². The molecule has 20 heavy (non-hydrogen) atoms. The second kappa shape index (κ2) is 7.36. The number of aliphatic hydroxyl groups excluding tert-OH is 1. The van der Waals surface area contributed by atoms with Crippen molar-refractivity contribution in [1.29, 1.82) is 0 Å². The van der Waals surface area contributed by atoms with Crippen LogP contribution in [0.5, 0.6) is 0 Å². The molecule has 0 aromatic carbocycles. The first-order valence-electron chi connectivity index (χ1n) is 6.21. The lowest BCUT2D eigenvalue weighted by Crippen LogP contribution is -2.24. The molecule has 0 bridgehead atoms. The van der Waals surface area contributed by atoms with Crippen molar-refractivity contribution < 1.29 is 9.90 Å². The lowest BCUT2D eigenvalue weighted by Gasteiger charge is -2.01. The molecular weight excluding hydrogens is 298 g/mol. The molecule has 1 amide bonds. The number of aromatic nitrogens is 4. The van der Waals surface area contributed by atoms with Crippen LogP contribution < -0.4 is 5.32 Å². The SMILES string of the molecule is CC(O)C(=O)Nc1nnc(CCCCc2nncs2)s1. The molecule has 0 aliphatic carbocycles. The number of nitrogens with zero attached hydrogens (tertiary/aromatic N) is 4. The average Bonchev–Trinajstić information content (AvgIpc) is 3.06. The van der Waals surface area contributed by atoms with E-state index in [4.69, 9.17) is 5.11 Å². The Labute approximate surface area is 124 Å². The summed E-state index contributed by atoms with van der Waals surface area (Å²) in [6.45, 7) is 1.41. The Morgan fingerprint density at radius 1 is 1.30 bits per heavy atom. The van der Waals surface area contributed by atoms with Gasteiger partial charge in [0.1, 0.15) is 21.6 Å². The van der Waals surface area contributed by atoms with E-state index in [1.54, 1.807) is 16.8 Å². The maximum atomic E-state index is 11.3. The van der Waals surface area contributed by atoms with Crippen LogP contribution >= 0.6 is 22.7 Å². The smallest absolute Gasteiger partial charge is 0.254 e. The zero-order valence-electron chi connectivity index (χ0n) is 10.9. The number of anilines is 1. The molecule has 1 atom stereocenters. The van der Waals surface area contributed by atoms with E-state index in [-0.39, 0.29) is 0 Å². The highest BCUT2D eigenvalue weighted by Gasteiger charge is 2.12. The van der Waals surface area contributed by atoms with Crippen LogP contribution in [0.3, 0.4) is 0 Å². The van der Waals surface area contributed by atoms with Crippen LogP contribution in [0.2, 0.25) is 0 Å². The molecule has 0 fully saturated rings.